The summed E-state index contributed by atoms with van der Waals surface area (Å²) in [6.07, 6.45) is -4.87. The third-order valence-corrected chi connectivity index (χ3v) is 4.04. The lowest BCUT2D eigenvalue weighted by Crippen LogP contribution is -2.14. The van der Waals surface area contributed by atoms with E-state index in [4.69, 9.17) is 0 Å². The van der Waals surface area contributed by atoms with Crippen molar-refractivity contribution in [1.29, 1.82) is 0 Å². The average molecular weight is 365 g/mol. The van der Waals surface area contributed by atoms with Crippen LogP contribution in [-0.4, -0.2) is 13.3 Å². The number of benzene rings is 2. The quantitative estimate of drug-likeness (QED) is 0.358. The Labute approximate surface area is 132 Å². The van der Waals surface area contributed by atoms with Crippen LogP contribution < -0.4 is 4.18 Å². The molecule has 0 aliphatic heterocycles. The van der Waals surface area contributed by atoms with E-state index in [0.29, 0.717) is 12.1 Å². The highest BCUT2D eigenvalue weighted by Gasteiger charge is 2.33. The number of hydrogen-bond acceptors (Lipinski definition) is 5. The van der Waals surface area contributed by atoms with E-state index < -0.39 is 43.2 Å². The molecule has 0 atom stereocenters. The second kappa shape index (κ2) is 6.07. The Bertz CT molecular complexity index is 878. The topological polar surface area (TPSA) is 86.5 Å². The van der Waals surface area contributed by atoms with Crippen molar-refractivity contribution >= 4 is 15.8 Å². The second-order valence-corrected chi connectivity index (χ2v) is 5.95. The van der Waals surface area contributed by atoms with Gasteiger partial charge in [0.2, 0.25) is 0 Å². The summed E-state index contributed by atoms with van der Waals surface area (Å²) in [7, 11) is -4.90. The molecule has 2 aromatic rings. The van der Waals surface area contributed by atoms with Crippen LogP contribution in [0.2, 0.25) is 0 Å². The first-order chi connectivity index (χ1) is 11.0. The number of nitro groups is 1. The number of halogens is 4. The molecule has 128 valence electrons. The number of rotatable bonds is 4. The van der Waals surface area contributed by atoms with E-state index in [1.807, 2.05) is 0 Å². The molecule has 0 saturated carbocycles. The Morgan fingerprint density at radius 2 is 1.62 bits per heavy atom. The standard InChI is InChI=1S/C13H7F4NO5S/c14-11-6-1-8(13(15,16)17)7-12(11)24(21,22)23-10-4-2-9(3-5-10)18(19)20/h1-7H. The largest absolute Gasteiger partial charge is 0.416 e. The third kappa shape index (κ3) is 3.79. The summed E-state index contributed by atoms with van der Waals surface area (Å²) in [6.45, 7) is 0. The van der Waals surface area contributed by atoms with Gasteiger partial charge in [-0.05, 0) is 30.3 Å². The van der Waals surface area contributed by atoms with E-state index >= 15 is 0 Å². The van der Waals surface area contributed by atoms with Gasteiger partial charge in [-0.15, -0.1) is 0 Å². The maximum absolute atomic E-state index is 13.6. The molecule has 6 nitrogen and oxygen atoms in total. The zero-order valence-corrected chi connectivity index (χ0v) is 12.3. The highest BCUT2D eigenvalue weighted by atomic mass is 32.2. The predicted octanol–water partition coefficient (Wildman–Crippen LogP) is 3.52. The molecule has 0 unspecified atom stereocenters. The molecule has 0 heterocycles. The Kier molecular flexibility index (Phi) is 4.47. The van der Waals surface area contributed by atoms with Gasteiger partial charge in [0.15, 0.2) is 0 Å². The van der Waals surface area contributed by atoms with Gasteiger partial charge in [-0.3, -0.25) is 10.1 Å². The van der Waals surface area contributed by atoms with Gasteiger partial charge in [-0.25, -0.2) is 4.39 Å². The highest BCUT2D eigenvalue weighted by molar-refractivity contribution is 7.87. The first-order valence-electron chi connectivity index (χ1n) is 6.06. The zero-order valence-electron chi connectivity index (χ0n) is 11.5. The normalized spacial score (nSPS) is 12.0. The molecule has 0 spiro atoms. The molecular weight excluding hydrogens is 358 g/mol. The molecule has 24 heavy (non-hydrogen) atoms. The molecular formula is C13H7F4NO5S. The molecule has 0 amide bonds. The molecule has 0 saturated heterocycles. The van der Waals surface area contributed by atoms with Crippen molar-refractivity contribution in [1.82, 2.24) is 0 Å². The van der Waals surface area contributed by atoms with Crippen molar-refractivity contribution in [3.63, 3.8) is 0 Å². The molecule has 0 radical (unpaired) electrons. The van der Waals surface area contributed by atoms with Crippen LogP contribution in [0.4, 0.5) is 23.2 Å². The second-order valence-electron chi connectivity index (χ2n) is 4.43. The van der Waals surface area contributed by atoms with Crippen molar-refractivity contribution in [3.8, 4) is 5.75 Å². The zero-order chi connectivity index (χ0) is 18.1. The summed E-state index contributed by atoms with van der Waals surface area (Å²) in [5.74, 6) is -1.85. The van der Waals surface area contributed by atoms with Crippen molar-refractivity contribution in [2.45, 2.75) is 11.1 Å². The van der Waals surface area contributed by atoms with Gasteiger partial charge in [0, 0.05) is 12.1 Å². The lowest BCUT2D eigenvalue weighted by molar-refractivity contribution is -0.384. The van der Waals surface area contributed by atoms with E-state index in [2.05, 4.69) is 4.18 Å². The molecule has 11 heteroatoms. The van der Waals surface area contributed by atoms with Crippen LogP contribution in [0.25, 0.3) is 0 Å². The van der Waals surface area contributed by atoms with Crippen molar-refractivity contribution < 1.29 is 35.1 Å². The lowest BCUT2D eigenvalue weighted by atomic mass is 10.2. The van der Waals surface area contributed by atoms with Crippen LogP contribution in [0.3, 0.4) is 0 Å². The fourth-order valence-electron chi connectivity index (χ4n) is 1.67. The number of alkyl halides is 3. The van der Waals surface area contributed by atoms with Crippen molar-refractivity contribution in [2.24, 2.45) is 0 Å². The summed E-state index contributed by atoms with van der Waals surface area (Å²) < 4.78 is 79.9. The van der Waals surface area contributed by atoms with Crippen LogP contribution in [-0.2, 0) is 16.3 Å². The molecule has 0 aliphatic carbocycles. The van der Waals surface area contributed by atoms with Crippen LogP contribution in [0, 0.1) is 15.9 Å². The van der Waals surface area contributed by atoms with Gasteiger partial charge in [0.05, 0.1) is 10.5 Å². The smallest absolute Gasteiger partial charge is 0.379 e. The van der Waals surface area contributed by atoms with Crippen molar-refractivity contribution in [2.75, 3.05) is 0 Å². The van der Waals surface area contributed by atoms with Crippen LogP contribution in [0.1, 0.15) is 5.56 Å². The van der Waals surface area contributed by atoms with E-state index in [0.717, 1.165) is 24.3 Å². The van der Waals surface area contributed by atoms with E-state index in [-0.39, 0.29) is 11.8 Å². The Morgan fingerprint density at radius 1 is 1.04 bits per heavy atom. The highest BCUT2D eigenvalue weighted by Crippen LogP contribution is 2.32. The van der Waals surface area contributed by atoms with Gasteiger partial charge >= 0.3 is 16.3 Å². The first-order valence-corrected chi connectivity index (χ1v) is 7.47. The van der Waals surface area contributed by atoms with E-state index in [9.17, 15) is 36.1 Å². The minimum absolute atomic E-state index is 0.107. The SMILES string of the molecule is O=[N+]([O-])c1ccc(OS(=O)(=O)c2cc(C(F)(F)F)ccc2F)cc1. The fraction of sp³-hybridized carbons (Fsp3) is 0.0769. The maximum Gasteiger partial charge on any atom is 0.416 e. The number of non-ortho nitro benzene ring substituents is 1. The van der Waals surface area contributed by atoms with Gasteiger partial charge in [-0.1, -0.05) is 0 Å². The summed E-state index contributed by atoms with van der Waals surface area (Å²) in [6, 6.07) is 4.54. The van der Waals surface area contributed by atoms with Crippen LogP contribution in [0.15, 0.2) is 47.4 Å². The van der Waals surface area contributed by atoms with Crippen LogP contribution in [0.5, 0.6) is 5.75 Å². The Hall–Kier alpha value is -2.69. The van der Waals surface area contributed by atoms with Gasteiger partial charge < -0.3 is 4.18 Å². The molecule has 0 N–H and O–H groups in total. The van der Waals surface area contributed by atoms with Gasteiger partial charge in [0.25, 0.3) is 5.69 Å². The number of nitro benzene ring substituents is 1. The molecule has 0 aliphatic rings. The van der Waals surface area contributed by atoms with Crippen LogP contribution >= 0.6 is 0 Å². The minimum Gasteiger partial charge on any atom is -0.379 e. The van der Waals surface area contributed by atoms with E-state index in [1.165, 1.54) is 0 Å². The molecule has 0 aromatic heterocycles. The van der Waals surface area contributed by atoms with Gasteiger partial charge in [-0.2, -0.15) is 21.6 Å². The maximum atomic E-state index is 13.6. The van der Waals surface area contributed by atoms with Gasteiger partial charge in [0.1, 0.15) is 16.5 Å². The summed E-state index contributed by atoms with van der Waals surface area (Å²) >= 11 is 0. The molecule has 2 rings (SSSR count). The molecule has 0 fully saturated rings. The summed E-state index contributed by atoms with van der Waals surface area (Å²) in [5, 5.41) is 10.5. The summed E-state index contributed by atoms with van der Waals surface area (Å²) in [4.78, 5) is 8.44. The minimum atomic E-state index is -4.90. The van der Waals surface area contributed by atoms with Crippen molar-refractivity contribution in [3.05, 3.63) is 64.0 Å². The molecule has 2 aromatic carbocycles. The third-order valence-electron chi connectivity index (χ3n) is 2.78. The van der Waals surface area contributed by atoms with E-state index in [1.54, 1.807) is 0 Å². The monoisotopic (exact) mass is 365 g/mol. The molecule has 0 bridgehead atoms. The first kappa shape index (κ1) is 17.7. The summed E-state index contributed by atoms with van der Waals surface area (Å²) in [5.41, 5.74) is -1.72. The average Bonchev–Trinajstić information content (AvgIpc) is 2.46. The Balaban J connectivity index is 2.38. The lowest BCUT2D eigenvalue weighted by Gasteiger charge is -2.11. The predicted molar refractivity (Wildman–Crippen MR) is 72.3 cm³/mol. The number of nitrogens with zero attached hydrogens (tertiary/aromatic N) is 1. The fourth-order valence-corrected chi connectivity index (χ4v) is 2.70. The number of hydrogen-bond donors (Lipinski definition) is 0. The Morgan fingerprint density at radius 3 is 2.12 bits per heavy atom.